The Bertz CT molecular complexity index is 267. The predicted molar refractivity (Wildman–Crippen MR) is 67.8 cm³/mol. The lowest BCUT2D eigenvalue weighted by Gasteiger charge is -2.28. The van der Waals surface area contributed by atoms with Crippen LogP contribution in [-0.4, -0.2) is 41.5 Å². The Labute approximate surface area is 104 Å². The summed E-state index contributed by atoms with van der Waals surface area (Å²) in [6, 6.07) is 0.283. The van der Waals surface area contributed by atoms with E-state index in [0.717, 1.165) is 38.8 Å². The summed E-state index contributed by atoms with van der Waals surface area (Å²) in [7, 11) is 0. The second kappa shape index (κ2) is 5.96. The maximum Gasteiger partial charge on any atom is 0.137 e. The maximum absolute atomic E-state index is 12.0. The first-order valence-corrected chi connectivity index (χ1v) is 7.10. The molecule has 2 aliphatic rings. The van der Waals surface area contributed by atoms with E-state index in [0.29, 0.717) is 11.7 Å². The van der Waals surface area contributed by atoms with E-state index in [1.165, 1.54) is 12.8 Å². The highest BCUT2D eigenvalue weighted by Gasteiger charge is 2.33. The van der Waals surface area contributed by atoms with Gasteiger partial charge < -0.3 is 5.11 Å². The van der Waals surface area contributed by atoms with Crippen LogP contribution in [0.4, 0.5) is 0 Å². The van der Waals surface area contributed by atoms with Gasteiger partial charge in [0, 0.05) is 24.9 Å². The van der Waals surface area contributed by atoms with E-state index in [-0.39, 0.29) is 18.6 Å². The molecule has 0 spiro atoms. The SMILES string of the molecule is CC1CCN(CC2CCCCCC2=O)C1CO. The summed E-state index contributed by atoms with van der Waals surface area (Å²) in [4.78, 5) is 14.3. The lowest BCUT2D eigenvalue weighted by molar-refractivity contribution is -0.123. The normalized spacial score (nSPS) is 36.1. The van der Waals surface area contributed by atoms with Crippen LogP contribution in [0.25, 0.3) is 0 Å². The maximum atomic E-state index is 12.0. The van der Waals surface area contributed by atoms with Gasteiger partial charge in [0.15, 0.2) is 0 Å². The van der Waals surface area contributed by atoms with Gasteiger partial charge in [-0.2, -0.15) is 0 Å². The zero-order valence-electron chi connectivity index (χ0n) is 10.9. The van der Waals surface area contributed by atoms with Crippen molar-refractivity contribution in [2.45, 2.75) is 51.5 Å². The van der Waals surface area contributed by atoms with Gasteiger partial charge in [-0.3, -0.25) is 9.69 Å². The number of aliphatic hydroxyl groups excluding tert-OH is 1. The van der Waals surface area contributed by atoms with Crippen molar-refractivity contribution in [1.29, 1.82) is 0 Å². The van der Waals surface area contributed by atoms with Gasteiger partial charge in [0.25, 0.3) is 0 Å². The fourth-order valence-corrected chi connectivity index (χ4v) is 3.32. The second-order valence-electron chi connectivity index (χ2n) is 5.77. The summed E-state index contributed by atoms with van der Waals surface area (Å²) >= 11 is 0. The fourth-order valence-electron chi connectivity index (χ4n) is 3.32. The zero-order chi connectivity index (χ0) is 12.3. The Morgan fingerprint density at radius 2 is 2.12 bits per heavy atom. The number of rotatable bonds is 3. The number of Topliss-reactive ketones (excluding diaryl/α,β-unsaturated/α-hetero) is 1. The molecule has 1 aliphatic carbocycles. The first-order chi connectivity index (χ1) is 8.22. The van der Waals surface area contributed by atoms with Crippen LogP contribution in [0, 0.1) is 11.8 Å². The Morgan fingerprint density at radius 1 is 1.29 bits per heavy atom. The van der Waals surface area contributed by atoms with E-state index in [9.17, 15) is 9.90 Å². The Balaban J connectivity index is 1.92. The largest absolute Gasteiger partial charge is 0.395 e. The van der Waals surface area contributed by atoms with Gasteiger partial charge in [-0.15, -0.1) is 0 Å². The first-order valence-electron chi connectivity index (χ1n) is 7.10. The van der Waals surface area contributed by atoms with Crippen molar-refractivity contribution in [3.8, 4) is 0 Å². The Hall–Kier alpha value is -0.410. The second-order valence-corrected chi connectivity index (χ2v) is 5.77. The van der Waals surface area contributed by atoms with Crippen molar-refractivity contribution in [3.63, 3.8) is 0 Å². The van der Waals surface area contributed by atoms with E-state index in [4.69, 9.17) is 0 Å². The van der Waals surface area contributed by atoms with Crippen LogP contribution in [-0.2, 0) is 4.79 Å². The molecule has 2 fully saturated rings. The number of hydrogen-bond donors (Lipinski definition) is 1. The van der Waals surface area contributed by atoms with Crippen LogP contribution in [0.1, 0.15) is 45.4 Å². The number of ketones is 1. The summed E-state index contributed by atoms with van der Waals surface area (Å²) in [6.45, 7) is 4.38. The topological polar surface area (TPSA) is 40.5 Å². The van der Waals surface area contributed by atoms with Crippen LogP contribution < -0.4 is 0 Å². The third kappa shape index (κ3) is 3.08. The Kier molecular flexibility index (Phi) is 4.57. The molecule has 1 N–H and O–H groups in total. The van der Waals surface area contributed by atoms with Crippen LogP contribution in [0.2, 0.25) is 0 Å². The standard InChI is InChI=1S/C14H25NO2/c1-11-7-8-15(13(11)10-16)9-12-5-3-2-4-6-14(12)17/h11-13,16H,2-10H2,1H3. The quantitative estimate of drug-likeness (QED) is 0.764. The zero-order valence-corrected chi connectivity index (χ0v) is 10.9. The minimum Gasteiger partial charge on any atom is -0.395 e. The van der Waals surface area contributed by atoms with Crippen molar-refractivity contribution in [3.05, 3.63) is 0 Å². The van der Waals surface area contributed by atoms with Gasteiger partial charge in [-0.05, 0) is 31.7 Å². The minimum absolute atomic E-state index is 0.233. The number of carbonyl (C=O) groups excluding carboxylic acids is 1. The highest BCUT2D eigenvalue weighted by atomic mass is 16.3. The minimum atomic E-state index is 0.233. The van der Waals surface area contributed by atoms with Crippen molar-refractivity contribution >= 4 is 5.78 Å². The smallest absolute Gasteiger partial charge is 0.137 e. The molecule has 1 aliphatic heterocycles. The van der Waals surface area contributed by atoms with Gasteiger partial charge in [0.1, 0.15) is 5.78 Å². The van der Waals surface area contributed by atoms with Gasteiger partial charge in [-0.25, -0.2) is 0 Å². The molecular weight excluding hydrogens is 214 g/mol. The summed E-state index contributed by atoms with van der Waals surface area (Å²) in [6.07, 6.45) is 6.48. The molecule has 3 nitrogen and oxygen atoms in total. The molecule has 17 heavy (non-hydrogen) atoms. The molecule has 1 saturated heterocycles. The number of likely N-dealkylation sites (tertiary alicyclic amines) is 1. The first kappa shape index (κ1) is 13.0. The molecular formula is C14H25NO2. The third-order valence-electron chi connectivity index (χ3n) is 4.57. The van der Waals surface area contributed by atoms with Crippen LogP contribution in [0.15, 0.2) is 0 Å². The molecule has 0 bridgehead atoms. The van der Waals surface area contributed by atoms with E-state index in [1.807, 2.05) is 0 Å². The van der Waals surface area contributed by atoms with Gasteiger partial charge in [0.2, 0.25) is 0 Å². The molecule has 1 heterocycles. The van der Waals surface area contributed by atoms with E-state index in [1.54, 1.807) is 0 Å². The van der Waals surface area contributed by atoms with Crippen LogP contribution >= 0.6 is 0 Å². The van der Waals surface area contributed by atoms with E-state index < -0.39 is 0 Å². The molecule has 3 atom stereocenters. The molecule has 3 unspecified atom stereocenters. The molecule has 3 heteroatoms. The van der Waals surface area contributed by atoms with Crippen molar-refractivity contribution in [1.82, 2.24) is 4.90 Å². The summed E-state index contributed by atoms with van der Waals surface area (Å²) in [5.41, 5.74) is 0. The molecule has 0 aromatic rings. The van der Waals surface area contributed by atoms with Crippen LogP contribution in [0.5, 0.6) is 0 Å². The lowest BCUT2D eigenvalue weighted by Crippen LogP contribution is -2.40. The molecule has 0 amide bonds. The van der Waals surface area contributed by atoms with Crippen LogP contribution in [0.3, 0.4) is 0 Å². The fraction of sp³-hybridized carbons (Fsp3) is 0.929. The van der Waals surface area contributed by atoms with E-state index >= 15 is 0 Å². The molecule has 0 aromatic heterocycles. The Morgan fingerprint density at radius 3 is 2.88 bits per heavy atom. The average Bonchev–Trinajstić information content (AvgIpc) is 2.54. The highest BCUT2D eigenvalue weighted by molar-refractivity contribution is 5.81. The number of nitrogens with zero attached hydrogens (tertiary/aromatic N) is 1. The molecule has 0 aromatic carbocycles. The average molecular weight is 239 g/mol. The molecule has 0 radical (unpaired) electrons. The third-order valence-corrected chi connectivity index (χ3v) is 4.57. The predicted octanol–water partition coefficient (Wildman–Crippen LogP) is 1.84. The molecule has 1 saturated carbocycles. The van der Waals surface area contributed by atoms with Gasteiger partial charge in [-0.1, -0.05) is 19.8 Å². The number of hydrogen-bond acceptors (Lipinski definition) is 3. The summed E-state index contributed by atoms with van der Waals surface area (Å²) < 4.78 is 0. The summed E-state index contributed by atoms with van der Waals surface area (Å²) in [5.74, 6) is 1.26. The van der Waals surface area contributed by atoms with E-state index in [2.05, 4.69) is 11.8 Å². The highest BCUT2D eigenvalue weighted by Crippen LogP contribution is 2.27. The molecule has 2 rings (SSSR count). The number of aliphatic hydroxyl groups is 1. The number of carbonyl (C=O) groups is 1. The van der Waals surface area contributed by atoms with Gasteiger partial charge >= 0.3 is 0 Å². The molecule has 98 valence electrons. The van der Waals surface area contributed by atoms with Gasteiger partial charge in [0.05, 0.1) is 6.61 Å². The lowest BCUT2D eigenvalue weighted by atomic mass is 9.97. The monoisotopic (exact) mass is 239 g/mol. The summed E-state index contributed by atoms with van der Waals surface area (Å²) in [5, 5.41) is 9.43. The van der Waals surface area contributed by atoms with Crippen molar-refractivity contribution in [2.24, 2.45) is 11.8 Å². The van der Waals surface area contributed by atoms with Crippen molar-refractivity contribution in [2.75, 3.05) is 19.7 Å². The van der Waals surface area contributed by atoms with Crippen molar-refractivity contribution < 1.29 is 9.90 Å².